The molecule has 1 aromatic rings. The van der Waals surface area contributed by atoms with E-state index in [9.17, 15) is 4.79 Å². The van der Waals surface area contributed by atoms with Gasteiger partial charge in [-0.3, -0.25) is 0 Å². The van der Waals surface area contributed by atoms with E-state index in [0.717, 1.165) is 31.5 Å². The Morgan fingerprint density at radius 1 is 1.25 bits per heavy atom. The summed E-state index contributed by atoms with van der Waals surface area (Å²) in [5.74, 6) is 0.438. The number of H-pyrrole nitrogens is 1. The number of hydrogen-bond acceptors (Lipinski definition) is 3. The first-order chi connectivity index (χ1) is 9.22. The Morgan fingerprint density at radius 3 is 2.55 bits per heavy atom. The van der Waals surface area contributed by atoms with Crippen molar-refractivity contribution in [2.24, 2.45) is 0 Å². The number of halogens is 1. The Balaban J connectivity index is 0.00000361. The zero-order valence-electron chi connectivity index (χ0n) is 12.1. The standard InChI is InChI=1S/C13H25N5O.ClH/c1-2-3-4-5-8-15-13(19)16-9-6-7-11-10-17-12(14)18-11;/h10H,2-9H2,1H3,(H3,14,17,18)(H2,15,16,19);1H. The molecule has 0 aliphatic heterocycles. The highest BCUT2D eigenvalue weighted by atomic mass is 35.5. The Hall–Kier alpha value is -1.43. The van der Waals surface area contributed by atoms with E-state index < -0.39 is 0 Å². The van der Waals surface area contributed by atoms with E-state index in [2.05, 4.69) is 27.5 Å². The molecule has 6 nitrogen and oxygen atoms in total. The van der Waals surface area contributed by atoms with Crippen LogP contribution in [0.15, 0.2) is 6.20 Å². The van der Waals surface area contributed by atoms with Crippen molar-refractivity contribution in [2.45, 2.75) is 45.4 Å². The molecule has 0 saturated heterocycles. The van der Waals surface area contributed by atoms with Crippen LogP contribution < -0.4 is 16.4 Å². The number of imidazole rings is 1. The fourth-order valence-corrected chi connectivity index (χ4v) is 1.80. The molecular formula is C13H26ClN5O. The summed E-state index contributed by atoms with van der Waals surface area (Å²) in [6.07, 6.45) is 8.10. The number of carbonyl (C=O) groups excluding carboxylic acids is 1. The van der Waals surface area contributed by atoms with Crippen LogP contribution in [0, 0.1) is 0 Å². The second kappa shape index (κ2) is 11.4. The van der Waals surface area contributed by atoms with Crippen molar-refractivity contribution in [3.05, 3.63) is 11.9 Å². The third-order valence-electron chi connectivity index (χ3n) is 2.87. The number of amides is 2. The van der Waals surface area contributed by atoms with E-state index in [1.807, 2.05) is 0 Å². The van der Waals surface area contributed by atoms with E-state index in [4.69, 9.17) is 5.73 Å². The number of carbonyl (C=O) groups is 1. The average Bonchev–Trinajstić information content (AvgIpc) is 2.80. The first-order valence-corrected chi connectivity index (χ1v) is 7.03. The smallest absolute Gasteiger partial charge is 0.314 e. The van der Waals surface area contributed by atoms with Crippen LogP contribution in [-0.4, -0.2) is 29.1 Å². The lowest BCUT2D eigenvalue weighted by molar-refractivity contribution is 0.240. The minimum absolute atomic E-state index is 0. The fourth-order valence-electron chi connectivity index (χ4n) is 1.80. The van der Waals surface area contributed by atoms with Crippen LogP contribution in [0.1, 0.15) is 44.7 Å². The number of rotatable bonds is 9. The van der Waals surface area contributed by atoms with Crippen molar-refractivity contribution in [1.82, 2.24) is 20.6 Å². The fraction of sp³-hybridized carbons (Fsp3) is 0.692. The summed E-state index contributed by atoms with van der Waals surface area (Å²) in [5, 5.41) is 5.69. The number of aromatic amines is 1. The first-order valence-electron chi connectivity index (χ1n) is 7.03. The Bertz CT molecular complexity index is 369. The highest BCUT2D eigenvalue weighted by Gasteiger charge is 2.00. The van der Waals surface area contributed by atoms with Crippen LogP contribution in [-0.2, 0) is 6.42 Å². The minimum Gasteiger partial charge on any atom is -0.369 e. The number of aromatic nitrogens is 2. The number of hydrogen-bond donors (Lipinski definition) is 4. The second-order valence-electron chi connectivity index (χ2n) is 4.64. The van der Waals surface area contributed by atoms with Crippen LogP contribution in [0.25, 0.3) is 0 Å². The molecule has 1 rings (SSSR count). The van der Waals surface area contributed by atoms with E-state index in [1.54, 1.807) is 6.20 Å². The van der Waals surface area contributed by atoms with Gasteiger partial charge in [0.25, 0.3) is 0 Å². The van der Waals surface area contributed by atoms with Crippen molar-refractivity contribution in [2.75, 3.05) is 18.8 Å². The van der Waals surface area contributed by atoms with Gasteiger partial charge in [0.1, 0.15) is 0 Å². The third kappa shape index (κ3) is 8.63. The predicted octanol–water partition coefficient (Wildman–Crippen LogP) is 2.23. The molecule has 0 aliphatic carbocycles. The number of unbranched alkanes of at least 4 members (excludes halogenated alkanes) is 3. The van der Waals surface area contributed by atoms with Gasteiger partial charge >= 0.3 is 6.03 Å². The SMILES string of the molecule is CCCCCCNC(=O)NCCCc1cnc(N)[nH]1.Cl. The molecule has 0 radical (unpaired) electrons. The number of nitrogen functional groups attached to an aromatic ring is 1. The first kappa shape index (κ1) is 18.6. The number of nitrogens with one attached hydrogen (secondary N) is 3. The van der Waals surface area contributed by atoms with E-state index in [1.165, 1.54) is 19.3 Å². The van der Waals surface area contributed by atoms with Crippen molar-refractivity contribution < 1.29 is 4.79 Å². The quantitative estimate of drug-likeness (QED) is 0.527. The summed E-state index contributed by atoms with van der Waals surface area (Å²) in [7, 11) is 0. The molecule has 5 N–H and O–H groups in total. The van der Waals surface area contributed by atoms with Gasteiger partial charge in [0.15, 0.2) is 5.95 Å². The van der Waals surface area contributed by atoms with Crippen molar-refractivity contribution in [3.63, 3.8) is 0 Å². The van der Waals surface area contributed by atoms with E-state index >= 15 is 0 Å². The Morgan fingerprint density at radius 2 is 1.95 bits per heavy atom. The van der Waals surface area contributed by atoms with Crippen LogP contribution in [0.5, 0.6) is 0 Å². The van der Waals surface area contributed by atoms with Gasteiger partial charge in [-0.05, 0) is 19.3 Å². The molecule has 116 valence electrons. The summed E-state index contributed by atoms with van der Waals surface area (Å²) in [6, 6.07) is -0.0828. The number of aryl methyl sites for hydroxylation is 1. The lowest BCUT2D eigenvalue weighted by Gasteiger charge is -2.07. The average molecular weight is 304 g/mol. The molecule has 7 heteroatoms. The Kier molecular flexibility index (Phi) is 10.6. The molecule has 0 aliphatic rings. The zero-order valence-corrected chi connectivity index (χ0v) is 12.9. The molecule has 0 saturated carbocycles. The number of anilines is 1. The van der Waals surface area contributed by atoms with Gasteiger partial charge < -0.3 is 21.4 Å². The summed E-state index contributed by atoms with van der Waals surface area (Å²) in [4.78, 5) is 18.3. The number of nitrogens with two attached hydrogens (primary N) is 1. The summed E-state index contributed by atoms with van der Waals surface area (Å²) in [5.41, 5.74) is 6.47. The van der Waals surface area contributed by atoms with Crippen molar-refractivity contribution in [3.8, 4) is 0 Å². The second-order valence-corrected chi connectivity index (χ2v) is 4.64. The predicted molar refractivity (Wildman–Crippen MR) is 84.1 cm³/mol. The van der Waals surface area contributed by atoms with Gasteiger partial charge in [0.2, 0.25) is 0 Å². The highest BCUT2D eigenvalue weighted by Crippen LogP contribution is 2.00. The molecular weight excluding hydrogens is 278 g/mol. The summed E-state index contributed by atoms with van der Waals surface area (Å²) in [6.45, 7) is 3.58. The third-order valence-corrected chi connectivity index (χ3v) is 2.87. The molecule has 0 spiro atoms. The van der Waals surface area contributed by atoms with Crippen LogP contribution in [0.2, 0.25) is 0 Å². The molecule has 0 fully saturated rings. The molecule has 1 heterocycles. The van der Waals surface area contributed by atoms with Crippen LogP contribution >= 0.6 is 12.4 Å². The maximum atomic E-state index is 11.4. The molecule has 0 atom stereocenters. The maximum absolute atomic E-state index is 11.4. The Labute approximate surface area is 126 Å². The molecule has 1 aromatic heterocycles. The van der Waals surface area contributed by atoms with Gasteiger partial charge in [-0.2, -0.15) is 0 Å². The van der Waals surface area contributed by atoms with Crippen LogP contribution in [0.3, 0.4) is 0 Å². The molecule has 0 aromatic carbocycles. The molecule has 0 bridgehead atoms. The van der Waals surface area contributed by atoms with Gasteiger partial charge in [-0.25, -0.2) is 9.78 Å². The lowest BCUT2D eigenvalue weighted by Crippen LogP contribution is -2.36. The summed E-state index contributed by atoms with van der Waals surface area (Å²) >= 11 is 0. The molecule has 20 heavy (non-hydrogen) atoms. The monoisotopic (exact) mass is 303 g/mol. The minimum atomic E-state index is -0.0828. The number of urea groups is 1. The van der Waals surface area contributed by atoms with E-state index in [0.29, 0.717) is 12.5 Å². The van der Waals surface area contributed by atoms with Crippen LogP contribution in [0.4, 0.5) is 10.7 Å². The maximum Gasteiger partial charge on any atom is 0.314 e. The largest absolute Gasteiger partial charge is 0.369 e. The van der Waals surface area contributed by atoms with E-state index in [-0.39, 0.29) is 18.4 Å². The zero-order chi connectivity index (χ0) is 13.9. The lowest BCUT2D eigenvalue weighted by atomic mass is 10.2. The normalized spacial score (nSPS) is 9.85. The topological polar surface area (TPSA) is 95.8 Å². The van der Waals surface area contributed by atoms with Gasteiger partial charge in [0.05, 0.1) is 6.20 Å². The van der Waals surface area contributed by atoms with Gasteiger partial charge in [0, 0.05) is 18.8 Å². The highest BCUT2D eigenvalue weighted by molar-refractivity contribution is 5.85. The molecule has 2 amide bonds. The van der Waals surface area contributed by atoms with Gasteiger partial charge in [-0.15, -0.1) is 12.4 Å². The number of nitrogens with zero attached hydrogens (tertiary/aromatic N) is 1. The summed E-state index contributed by atoms with van der Waals surface area (Å²) < 4.78 is 0. The van der Waals surface area contributed by atoms with Gasteiger partial charge in [-0.1, -0.05) is 26.2 Å². The van der Waals surface area contributed by atoms with Crippen molar-refractivity contribution in [1.29, 1.82) is 0 Å². The van der Waals surface area contributed by atoms with Crippen molar-refractivity contribution >= 4 is 24.4 Å². The molecule has 0 unspecified atom stereocenters.